The number of benzene rings is 2. The van der Waals surface area contributed by atoms with Gasteiger partial charge in [-0.3, -0.25) is 14.5 Å². The Morgan fingerprint density at radius 3 is 2.41 bits per heavy atom. The number of phenols is 1. The van der Waals surface area contributed by atoms with Crippen molar-refractivity contribution >= 4 is 23.2 Å². The molecule has 0 unspecified atom stereocenters. The van der Waals surface area contributed by atoms with Crippen LogP contribution in [0.3, 0.4) is 0 Å². The fourth-order valence-corrected chi connectivity index (χ4v) is 3.64. The number of carbonyl (C=O) groups excluding carboxylic acids is 2. The zero-order chi connectivity index (χ0) is 23.3. The third kappa shape index (κ3) is 6.07. The van der Waals surface area contributed by atoms with Crippen LogP contribution in [0.2, 0.25) is 0 Å². The minimum atomic E-state index is -1.19. The molecule has 8 nitrogen and oxygen atoms in total. The molecule has 10 heteroatoms. The van der Waals surface area contributed by atoms with Gasteiger partial charge in [-0.25, -0.2) is 8.78 Å². The van der Waals surface area contributed by atoms with Crippen LogP contribution in [0.15, 0.2) is 30.3 Å². The molecule has 2 aromatic rings. The van der Waals surface area contributed by atoms with Gasteiger partial charge < -0.3 is 27.2 Å². The highest BCUT2D eigenvalue weighted by molar-refractivity contribution is 6.00. The van der Waals surface area contributed by atoms with Crippen molar-refractivity contribution in [1.82, 2.24) is 15.5 Å². The standard InChI is InChI=1S/C22H27F2N5O3/c23-16-8-15(18(25)9-17(16)24)22(32)28-11-21(31)27-10-13-3-5-29(6-4-13)12-14-1-2-20(30)19(26)7-14/h1-2,7-9,13,30H,3-6,10-12,25-26H2,(H,27,31)(H,28,32). The van der Waals surface area contributed by atoms with Crippen LogP contribution in [-0.4, -0.2) is 48.0 Å². The van der Waals surface area contributed by atoms with Crippen molar-refractivity contribution in [3.8, 4) is 5.75 Å². The smallest absolute Gasteiger partial charge is 0.253 e. The van der Waals surface area contributed by atoms with Crippen molar-refractivity contribution in [3.05, 3.63) is 53.1 Å². The van der Waals surface area contributed by atoms with Gasteiger partial charge in [-0.1, -0.05) is 6.07 Å². The summed E-state index contributed by atoms with van der Waals surface area (Å²) in [5.41, 5.74) is 12.2. The number of rotatable bonds is 7. The fraction of sp³-hybridized carbons (Fsp3) is 0.364. The van der Waals surface area contributed by atoms with Crippen LogP contribution >= 0.6 is 0 Å². The van der Waals surface area contributed by atoms with Crippen LogP contribution in [0.25, 0.3) is 0 Å². The molecule has 32 heavy (non-hydrogen) atoms. The zero-order valence-corrected chi connectivity index (χ0v) is 17.5. The summed E-state index contributed by atoms with van der Waals surface area (Å²) in [5, 5.41) is 14.7. The lowest BCUT2D eigenvalue weighted by Crippen LogP contribution is -2.41. The molecule has 1 saturated heterocycles. The van der Waals surface area contributed by atoms with Crippen LogP contribution in [-0.2, 0) is 11.3 Å². The van der Waals surface area contributed by atoms with Gasteiger partial charge in [-0.05, 0) is 55.6 Å². The number of nitrogen functional groups attached to an aromatic ring is 2. The molecular weight excluding hydrogens is 420 g/mol. The molecule has 1 aliphatic rings. The molecule has 1 fully saturated rings. The first-order valence-corrected chi connectivity index (χ1v) is 10.3. The van der Waals surface area contributed by atoms with Crippen molar-refractivity contribution in [2.24, 2.45) is 5.92 Å². The van der Waals surface area contributed by atoms with Crippen LogP contribution in [0.5, 0.6) is 5.75 Å². The molecule has 172 valence electrons. The van der Waals surface area contributed by atoms with Crippen molar-refractivity contribution < 1.29 is 23.5 Å². The fourth-order valence-electron chi connectivity index (χ4n) is 3.64. The first kappa shape index (κ1) is 23.3. The molecule has 2 aromatic carbocycles. The van der Waals surface area contributed by atoms with Gasteiger partial charge in [-0.2, -0.15) is 0 Å². The van der Waals surface area contributed by atoms with Gasteiger partial charge in [0.25, 0.3) is 5.91 Å². The number of anilines is 2. The number of hydrogen-bond acceptors (Lipinski definition) is 6. The van der Waals surface area contributed by atoms with Gasteiger partial charge in [0.2, 0.25) is 5.91 Å². The Hall–Kier alpha value is -3.40. The van der Waals surface area contributed by atoms with Gasteiger partial charge in [0, 0.05) is 24.8 Å². The molecule has 0 spiro atoms. The quantitative estimate of drug-likeness (QED) is 0.323. The lowest BCUT2D eigenvalue weighted by Gasteiger charge is -2.32. The van der Waals surface area contributed by atoms with E-state index in [9.17, 15) is 23.5 Å². The number of nitrogens with one attached hydrogen (secondary N) is 2. The van der Waals surface area contributed by atoms with Crippen molar-refractivity contribution in [2.45, 2.75) is 19.4 Å². The molecule has 0 saturated carbocycles. The summed E-state index contributed by atoms with van der Waals surface area (Å²) in [6.45, 7) is 2.67. The van der Waals surface area contributed by atoms with E-state index in [1.54, 1.807) is 12.1 Å². The normalized spacial score (nSPS) is 14.8. The van der Waals surface area contributed by atoms with Crippen LogP contribution < -0.4 is 22.1 Å². The topological polar surface area (TPSA) is 134 Å². The van der Waals surface area contributed by atoms with Gasteiger partial charge >= 0.3 is 0 Å². The van der Waals surface area contributed by atoms with E-state index in [2.05, 4.69) is 15.5 Å². The molecule has 1 heterocycles. The predicted octanol–water partition coefficient (Wildman–Crippen LogP) is 1.59. The molecule has 0 aliphatic carbocycles. The maximum Gasteiger partial charge on any atom is 0.253 e. The highest BCUT2D eigenvalue weighted by Gasteiger charge is 2.20. The molecule has 3 rings (SSSR count). The van der Waals surface area contributed by atoms with Crippen LogP contribution in [0.4, 0.5) is 20.2 Å². The SMILES string of the molecule is Nc1cc(CN2CCC(CNC(=O)CNC(=O)c3cc(F)c(F)cc3N)CC2)ccc1O. The van der Waals surface area contributed by atoms with E-state index in [4.69, 9.17) is 11.5 Å². The number of phenolic OH excluding ortho intramolecular Hbond substituents is 1. The van der Waals surface area contributed by atoms with Crippen LogP contribution in [0.1, 0.15) is 28.8 Å². The Morgan fingerprint density at radius 2 is 1.72 bits per heavy atom. The molecular formula is C22H27F2N5O3. The molecule has 0 aromatic heterocycles. The molecule has 0 radical (unpaired) electrons. The second kappa shape index (κ2) is 10.3. The van der Waals surface area contributed by atoms with Gasteiger partial charge in [0.1, 0.15) is 5.75 Å². The summed E-state index contributed by atoms with van der Waals surface area (Å²) in [5.74, 6) is -3.06. The lowest BCUT2D eigenvalue weighted by molar-refractivity contribution is -0.120. The maximum atomic E-state index is 13.3. The van der Waals surface area contributed by atoms with E-state index in [0.29, 0.717) is 24.2 Å². The summed E-state index contributed by atoms with van der Waals surface area (Å²) >= 11 is 0. The highest BCUT2D eigenvalue weighted by Crippen LogP contribution is 2.23. The average Bonchev–Trinajstić information content (AvgIpc) is 2.76. The van der Waals surface area contributed by atoms with Crippen molar-refractivity contribution in [3.63, 3.8) is 0 Å². The average molecular weight is 447 g/mol. The predicted molar refractivity (Wildman–Crippen MR) is 117 cm³/mol. The number of piperidine rings is 1. The minimum absolute atomic E-state index is 0.0766. The van der Waals surface area contributed by atoms with Crippen LogP contribution in [0, 0.1) is 17.6 Å². The lowest BCUT2D eigenvalue weighted by atomic mass is 9.96. The van der Waals surface area contributed by atoms with Gasteiger partial charge in [0.15, 0.2) is 11.6 Å². The number of nitrogens with two attached hydrogens (primary N) is 2. The number of nitrogens with zero attached hydrogens (tertiary/aromatic N) is 1. The number of likely N-dealkylation sites (tertiary alicyclic amines) is 1. The Labute approximate surface area is 184 Å². The van der Waals surface area contributed by atoms with E-state index in [0.717, 1.165) is 44.1 Å². The molecule has 2 amide bonds. The number of hydrogen-bond donors (Lipinski definition) is 5. The number of carbonyl (C=O) groups is 2. The van der Waals surface area contributed by atoms with Gasteiger partial charge in [-0.15, -0.1) is 0 Å². The van der Waals surface area contributed by atoms with Crippen molar-refractivity contribution in [2.75, 3.05) is 37.6 Å². The van der Waals surface area contributed by atoms with E-state index >= 15 is 0 Å². The van der Waals surface area contributed by atoms with Crippen molar-refractivity contribution in [1.29, 1.82) is 0 Å². The summed E-state index contributed by atoms with van der Waals surface area (Å²) < 4.78 is 26.4. The zero-order valence-electron chi connectivity index (χ0n) is 17.5. The second-order valence-electron chi connectivity index (χ2n) is 7.95. The first-order valence-electron chi connectivity index (χ1n) is 10.3. The Morgan fingerprint density at radius 1 is 1.03 bits per heavy atom. The first-order chi connectivity index (χ1) is 15.2. The molecule has 7 N–H and O–H groups in total. The Balaban J connectivity index is 1.37. The summed E-state index contributed by atoms with van der Waals surface area (Å²) in [6.07, 6.45) is 1.82. The van der Waals surface area contributed by atoms with E-state index in [-0.39, 0.29) is 29.5 Å². The van der Waals surface area contributed by atoms with E-state index in [1.165, 1.54) is 0 Å². The number of halogens is 2. The maximum absolute atomic E-state index is 13.3. The summed E-state index contributed by atoms with van der Waals surface area (Å²) in [7, 11) is 0. The Bertz CT molecular complexity index is 994. The number of aromatic hydroxyl groups is 1. The van der Waals surface area contributed by atoms with E-state index < -0.39 is 17.5 Å². The summed E-state index contributed by atoms with van der Waals surface area (Å²) in [4.78, 5) is 26.4. The third-order valence-corrected chi connectivity index (χ3v) is 5.54. The third-order valence-electron chi connectivity index (χ3n) is 5.54. The minimum Gasteiger partial charge on any atom is -0.506 e. The highest BCUT2D eigenvalue weighted by atomic mass is 19.2. The number of amides is 2. The monoisotopic (exact) mass is 447 g/mol. The molecule has 0 atom stereocenters. The second-order valence-corrected chi connectivity index (χ2v) is 7.95. The molecule has 0 bridgehead atoms. The molecule has 1 aliphatic heterocycles. The van der Waals surface area contributed by atoms with Gasteiger partial charge in [0.05, 0.1) is 17.8 Å². The summed E-state index contributed by atoms with van der Waals surface area (Å²) in [6, 6.07) is 6.64. The Kier molecular flexibility index (Phi) is 7.47. The largest absolute Gasteiger partial charge is 0.506 e. The van der Waals surface area contributed by atoms with E-state index in [1.807, 2.05) is 6.07 Å².